The number of carbonyl (C=O) groups is 12. The number of carbonyl (C=O) groups excluding carboxylic acids is 12. The lowest BCUT2D eigenvalue weighted by Gasteiger charge is -2.40. The molecule has 3 saturated heterocycles. The van der Waals surface area contributed by atoms with Crippen molar-refractivity contribution >= 4 is 70.8 Å². The molecule has 2 aromatic heterocycles. The summed E-state index contributed by atoms with van der Waals surface area (Å²) in [4.78, 5) is 177. The van der Waals surface area contributed by atoms with Gasteiger partial charge in [0, 0.05) is 71.0 Å². The van der Waals surface area contributed by atoms with E-state index < -0.39 is 119 Å². The summed E-state index contributed by atoms with van der Waals surface area (Å²) in [5.74, 6) is -8.36. The number of nitrogens with zero attached hydrogens (tertiary/aromatic N) is 6. The first-order valence-electron chi connectivity index (χ1n) is 32.8. The molecule has 7 heterocycles. The SMILES string of the molecule is CC1=C/[C@@H](O)CC(=O)Cc2nc(co2)C(=O)N2CCC=C2C(=O)O[C@H](C(C)C)[C@H](C)/C=C\C(=O)NC/C=C\1.CCC1NC(=O)C(NC(=O)c2ncccc2O)C(C)OC(=O)C(c2ccccc2)NC(=O)C2CC(=O)CCN2C(=O)C(Cc2ccccc2)N(C)C(=O)C2CCCN2C1=O. The summed E-state index contributed by atoms with van der Waals surface area (Å²) in [5, 5.41) is 31.2. The smallest absolute Gasteiger partial charge is 0.355 e. The van der Waals surface area contributed by atoms with Gasteiger partial charge >= 0.3 is 11.9 Å². The number of rotatable bonds is 7. The van der Waals surface area contributed by atoms with Crippen LogP contribution in [0, 0.1) is 11.8 Å². The van der Waals surface area contributed by atoms with Crippen molar-refractivity contribution in [1.29, 1.82) is 0 Å². The lowest BCUT2D eigenvalue weighted by molar-refractivity contribution is -0.157. The van der Waals surface area contributed by atoms with Crippen molar-refractivity contribution in [2.45, 2.75) is 154 Å². The molecule has 9 rings (SSSR count). The lowest BCUT2D eigenvalue weighted by Crippen LogP contribution is -2.61. The standard InChI is InChI=1S/C43H49N7O10.C28H35N3O7/c1-4-29-40(56)49-21-12-17-30(49)41(57)48(3)32(23-26-13-7-5-8-14-26)42(58)50-22-19-28(51)24-31(50)37(53)47-35(27-15-9-6-10-16-27)43(59)60-25(2)34(38(54)45-29)46-39(55)36-33(52)18-11-20-44-36;1-17(2)26-19(4)9-10-24(34)29-11-5-7-18(3)13-20(32)14-21(33)15-25-30-22(16-37-25)27(35)31-12-6-8-23(31)28(36)38-26/h5-11,13-16,18,20,25,29-32,34-35,52H,4,12,17,19,21-24H2,1-3H3,(H,45,54)(H,46,55)(H,47,53);5,7-10,13,16-17,19-20,26,32H,6,11-12,14-15H2,1-4H3,(H,29,34)/b;7-5-,10-9-,18-13-/t;19-,20-,26-/m.1/s1. The molecule has 0 radical (unpaired) electrons. The monoisotopic (exact) mass is 1350 g/mol. The molecular weight excluding hydrogens is 1260 g/mol. The molecule has 0 aliphatic carbocycles. The molecule has 0 spiro atoms. The van der Waals surface area contributed by atoms with Crippen LogP contribution < -0.4 is 21.3 Å². The third kappa shape index (κ3) is 18.8. The molecular formula is C71H84N10O17. The van der Waals surface area contributed by atoms with Crippen LogP contribution in [0.2, 0.25) is 0 Å². The number of hydrogen-bond acceptors (Lipinski definition) is 19. The molecule has 98 heavy (non-hydrogen) atoms. The van der Waals surface area contributed by atoms with Gasteiger partial charge in [0.25, 0.3) is 11.8 Å². The second-order valence-corrected chi connectivity index (χ2v) is 25.0. The fourth-order valence-electron chi connectivity index (χ4n) is 12.2. The van der Waals surface area contributed by atoms with E-state index in [1.54, 1.807) is 98.8 Å². The largest absolute Gasteiger partial charge is 0.505 e. The molecule has 0 saturated carbocycles. The second kappa shape index (κ2) is 34.0. The van der Waals surface area contributed by atoms with Gasteiger partial charge in [-0.3, -0.25) is 47.9 Å². The number of amides is 8. The minimum atomic E-state index is -1.68. The molecule has 2 aromatic carbocycles. The first kappa shape index (κ1) is 73.4. The number of oxazole rings is 1. The molecule has 5 aliphatic heterocycles. The van der Waals surface area contributed by atoms with Crippen LogP contribution in [0.5, 0.6) is 5.75 Å². The molecule has 6 N–H and O–H groups in total. The summed E-state index contributed by atoms with van der Waals surface area (Å²) in [5.41, 5.74) is 1.37. The first-order valence-corrected chi connectivity index (χ1v) is 32.8. The van der Waals surface area contributed by atoms with Gasteiger partial charge in [0.2, 0.25) is 41.3 Å². The van der Waals surface area contributed by atoms with Gasteiger partial charge in [-0.15, -0.1) is 0 Å². The number of aliphatic hydroxyl groups excluding tert-OH is 1. The first-order chi connectivity index (χ1) is 46.8. The number of piperidine rings is 1. The van der Waals surface area contributed by atoms with E-state index in [9.17, 15) is 67.7 Å². The van der Waals surface area contributed by atoms with Crippen molar-refractivity contribution in [3.05, 3.63) is 161 Å². The number of aromatic hydroxyl groups is 1. The van der Waals surface area contributed by atoms with E-state index in [-0.39, 0.29) is 123 Å². The maximum atomic E-state index is 14.8. The van der Waals surface area contributed by atoms with Gasteiger partial charge in [-0.2, -0.15) is 0 Å². The quantitative estimate of drug-likeness (QED) is 0.143. The number of esters is 2. The van der Waals surface area contributed by atoms with E-state index >= 15 is 0 Å². The Morgan fingerprint density at radius 2 is 1.52 bits per heavy atom. The summed E-state index contributed by atoms with van der Waals surface area (Å²) in [7, 11) is 1.47. The summed E-state index contributed by atoms with van der Waals surface area (Å²) in [6, 6.07) is 11.7. The molecule has 27 nitrogen and oxygen atoms in total. The van der Waals surface area contributed by atoms with Crippen molar-refractivity contribution in [3.63, 3.8) is 0 Å². The predicted molar refractivity (Wildman–Crippen MR) is 352 cm³/mol. The average molecular weight is 1350 g/mol. The third-order valence-electron chi connectivity index (χ3n) is 17.4. The molecule has 5 aliphatic rings. The van der Waals surface area contributed by atoms with Crippen molar-refractivity contribution in [1.82, 2.24) is 50.8 Å². The van der Waals surface area contributed by atoms with E-state index in [1.807, 2.05) is 26.8 Å². The van der Waals surface area contributed by atoms with E-state index in [0.717, 1.165) is 17.4 Å². The molecule has 4 aromatic rings. The molecule has 520 valence electrons. The highest BCUT2D eigenvalue weighted by Gasteiger charge is 2.46. The number of cyclic esters (lactones) is 2. The number of aliphatic hydroxyl groups is 1. The summed E-state index contributed by atoms with van der Waals surface area (Å²) < 4.78 is 17.0. The van der Waals surface area contributed by atoms with Crippen LogP contribution in [0.25, 0.3) is 0 Å². The molecule has 8 amide bonds. The zero-order valence-electron chi connectivity index (χ0n) is 55.8. The number of benzene rings is 2. The number of ketones is 2. The normalized spacial score (nSPS) is 26.7. The molecule has 2 bridgehead atoms. The number of nitrogens with one attached hydrogen (secondary N) is 4. The zero-order valence-corrected chi connectivity index (χ0v) is 55.8. The predicted octanol–water partition coefficient (Wildman–Crippen LogP) is 3.86. The number of fused-ring (bicyclic) bond motifs is 5. The van der Waals surface area contributed by atoms with Crippen LogP contribution in [0.15, 0.2) is 137 Å². The third-order valence-corrected chi connectivity index (χ3v) is 17.4. The highest BCUT2D eigenvalue weighted by atomic mass is 16.6. The fraction of sp³-hybridized carbons (Fsp3) is 0.437. The highest BCUT2D eigenvalue weighted by molar-refractivity contribution is 6.02. The van der Waals surface area contributed by atoms with Gasteiger partial charge < -0.3 is 65.0 Å². The molecule has 27 heteroatoms. The van der Waals surface area contributed by atoms with Crippen LogP contribution >= 0.6 is 0 Å². The van der Waals surface area contributed by atoms with Gasteiger partial charge in [0.15, 0.2) is 17.4 Å². The van der Waals surface area contributed by atoms with Crippen LogP contribution in [0.1, 0.15) is 131 Å². The molecule has 10 atom stereocenters. The lowest BCUT2D eigenvalue weighted by atomic mass is 9.94. The van der Waals surface area contributed by atoms with Crippen LogP contribution in [-0.4, -0.2) is 192 Å². The van der Waals surface area contributed by atoms with Crippen molar-refractivity contribution in [2.75, 3.05) is 33.2 Å². The summed E-state index contributed by atoms with van der Waals surface area (Å²) in [6.45, 7) is 11.0. The Morgan fingerprint density at radius 1 is 0.806 bits per heavy atom. The maximum Gasteiger partial charge on any atom is 0.355 e. The van der Waals surface area contributed by atoms with Crippen molar-refractivity contribution < 1.29 is 81.6 Å². The number of pyridine rings is 1. The van der Waals surface area contributed by atoms with Gasteiger partial charge in [0.1, 0.15) is 71.7 Å². The van der Waals surface area contributed by atoms with Gasteiger partial charge in [-0.1, -0.05) is 124 Å². The minimum absolute atomic E-state index is 0.0315. The van der Waals surface area contributed by atoms with Gasteiger partial charge in [-0.25, -0.2) is 19.6 Å². The Balaban J connectivity index is 0.000000277. The van der Waals surface area contributed by atoms with E-state index in [1.165, 1.54) is 58.0 Å². The highest BCUT2D eigenvalue weighted by Crippen LogP contribution is 2.29. The Bertz CT molecular complexity index is 3750. The van der Waals surface area contributed by atoms with E-state index in [4.69, 9.17) is 13.9 Å². The average Bonchev–Trinajstić information content (AvgIpc) is 1.08. The number of allylic oxidation sites excluding steroid dienone is 2. The Kier molecular flexibility index (Phi) is 25.4. The van der Waals surface area contributed by atoms with Gasteiger partial charge in [0.05, 0.1) is 12.5 Å². The number of likely N-dealkylation sites (N-methyl/N-ethyl adjacent to an activating group) is 1. The number of Topliss-reactive ketones (excluding diaryl/α,β-unsaturated/α-hetero) is 2. The van der Waals surface area contributed by atoms with Crippen LogP contribution in [0.4, 0.5) is 0 Å². The summed E-state index contributed by atoms with van der Waals surface area (Å²) >= 11 is 0. The van der Waals surface area contributed by atoms with Crippen molar-refractivity contribution in [2.24, 2.45) is 11.8 Å². The number of aromatic nitrogens is 2. The maximum absolute atomic E-state index is 14.8. The zero-order chi connectivity index (χ0) is 70.9. The molecule has 7 unspecified atom stereocenters. The minimum Gasteiger partial charge on any atom is -0.505 e. The Labute approximate surface area is 567 Å². The molecule has 3 fully saturated rings. The fourth-order valence-corrected chi connectivity index (χ4v) is 12.2. The van der Waals surface area contributed by atoms with Gasteiger partial charge in [-0.05, 0) is 74.8 Å². The number of ether oxygens (including phenoxy) is 2. The Hall–Kier alpha value is -10.4. The number of hydrogen-bond donors (Lipinski definition) is 6. The van der Waals surface area contributed by atoms with Crippen LogP contribution in [0.3, 0.4) is 0 Å². The Morgan fingerprint density at radius 3 is 2.22 bits per heavy atom. The van der Waals surface area contributed by atoms with Crippen LogP contribution in [-0.2, 0) is 70.3 Å². The van der Waals surface area contributed by atoms with E-state index in [2.05, 4.69) is 31.2 Å². The summed E-state index contributed by atoms with van der Waals surface area (Å²) in [6.07, 6.45) is 9.72. The van der Waals surface area contributed by atoms with E-state index in [0.29, 0.717) is 12.8 Å². The second-order valence-electron chi connectivity index (χ2n) is 25.0. The topological polar surface area (TPSA) is 364 Å². The van der Waals surface area contributed by atoms with Crippen molar-refractivity contribution in [3.8, 4) is 5.75 Å².